The molecule has 0 aliphatic heterocycles. The zero-order chi connectivity index (χ0) is 20.4. The van der Waals surface area contributed by atoms with E-state index in [2.05, 4.69) is 5.32 Å². The summed E-state index contributed by atoms with van der Waals surface area (Å²) < 4.78 is 14.5. The molecule has 3 aromatic carbocycles. The molecule has 0 aliphatic carbocycles. The molecule has 0 aliphatic rings. The Morgan fingerprint density at radius 2 is 1.66 bits per heavy atom. The summed E-state index contributed by atoms with van der Waals surface area (Å²) in [5, 5.41) is 15.7. The van der Waals surface area contributed by atoms with Gasteiger partial charge in [0, 0.05) is 23.6 Å². The van der Waals surface area contributed by atoms with E-state index in [1.807, 2.05) is 30.3 Å². The Hall–Kier alpha value is -4.00. The first-order valence-electron chi connectivity index (χ1n) is 8.92. The maximum Gasteiger partial charge on any atom is 0.299 e. The van der Waals surface area contributed by atoms with E-state index >= 15 is 0 Å². The molecule has 144 valence electrons. The monoisotopic (exact) mass is 389 g/mol. The summed E-state index contributed by atoms with van der Waals surface area (Å²) in [7, 11) is 0. The van der Waals surface area contributed by atoms with Crippen molar-refractivity contribution in [3.63, 3.8) is 0 Å². The summed E-state index contributed by atoms with van der Waals surface area (Å²) in [5.41, 5.74) is 0.513. The van der Waals surface area contributed by atoms with Gasteiger partial charge in [-0.05, 0) is 23.8 Å². The summed E-state index contributed by atoms with van der Waals surface area (Å²) in [6.45, 7) is 0.175. The number of carbonyl (C=O) groups excluding carboxylic acids is 1. The molecule has 4 rings (SSSR count). The molecule has 0 atom stereocenters. The molecule has 1 aromatic heterocycles. The third-order valence-electron chi connectivity index (χ3n) is 4.56. The van der Waals surface area contributed by atoms with E-state index in [0.29, 0.717) is 14.7 Å². The molecule has 1 heterocycles. The van der Waals surface area contributed by atoms with Crippen molar-refractivity contribution in [1.82, 2.24) is 10.0 Å². The van der Waals surface area contributed by atoms with Crippen LogP contribution < -0.4 is 9.74 Å². The minimum Gasteiger partial charge on any atom is -0.805 e. The molecule has 0 fully saturated rings. The highest BCUT2D eigenvalue weighted by Crippen LogP contribution is 2.24. The van der Waals surface area contributed by atoms with Crippen molar-refractivity contribution in [3.05, 3.63) is 106 Å². The summed E-state index contributed by atoms with van der Waals surface area (Å²) in [5.74, 6) is -1.40. The normalized spacial score (nSPS) is 10.8. The molecule has 0 saturated carbocycles. The first-order chi connectivity index (χ1) is 14.1. The second-order valence-corrected chi connectivity index (χ2v) is 6.45. The van der Waals surface area contributed by atoms with Crippen LogP contribution in [0.3, 0.4) is 0 Å². The van der Waals surface area contributed by atoms with E-state index in [1.165, 1.54) is 6.07 Å². The predicted octanol–water partition coefficient (Wildman–Crippen LogP) is 3.64. The van der Waals surface area contributed by atoms with Crippen molar-refractivity contribution in [2.45, 2.75) is 6.54 Å². The maximum absolute atomic E-state index is 13.7. The van der Waals surface area contributed by atoms with E-state index < -0.39 is 11.7 Å². The quantitative estimate of drug-likeness (QED) is 0.541. The lowest BCUT2D eigenvalue weighted by molar-refractivity contribution is -0.452. The summed E-state index contributed by atoms with van der Waals surface area (Å²) in [4.78, 5) is 26.0. The third-order valence-corrected chi connectivity index (χ3v) is 4.56. The maximum atomic E-state index is 13.7. The van der Waals surface area contributed by atoms with E-state index in [4.69, 9.17) is 0 Å². The molecule has 7 heteroatoms. The number of rotatable bonds is 4. The Morgan fingerprint density at radius 1 is 1.00 bits per heavy atom. The molecule has 1 amide bonds. The Bertz CT molecular complexity index is 1260. The highest BCUT2D eigenvalue weighted by atomic mass is 19.1. The summed E-state index contributed by atoms with van der Waals surface area (Å²) >= 11 is 0. The van der Waals surface area contributed by atoms with Crippen molar-refractivity contribution in [2.24, 2.45) is 0 Å². The molecule has 0 saturated heterocycles. The van der Waals surface area contributed by atoms with Gasteiger partial charge in [-0.1, -0.05) is 48.5 Å². The number of carbonyl (C=O) groups is 1. The summed E-state index contributed by atoms with van der Waals surface area (Å²) in [6, 6.07) is 20.9. The molecule has 29 heavy (non-hydrogen) atoms. The summed E-state index contributed by atoms with van der Waals surface area (Å²) in [6.07, 6.45) is 0. The number of halogens is 1. The predicted molar refractivity (Wildman–Crippen MR) is 107 cm³/mol. The zero-order valence-electron chi connectivity index (χ0n) is 15.2. The second kappa shape index (κ2) is 7.55. The average molecular weight is 389 g/mol. The first kappa shape index (κ1) is 18.4. The topological polar surface area (TPSA) is 80.1 Å². The van der Waals surface area contributed by atoms with Gasteiger partial charge in [0.05, 0.1) is 9.99 Å². The van der Waals surface area contributed by atoms with Crippen LogP contribution in [0.15, 0.2) is 78.9 Å². The third kappa shape index (κ3) is 3.45. The van der Waals surface area contributed by atoms with Gasteiger partial charge in [0.15, 0.2) is 5.69 Å². The first-order valence-corrected chi connectivity index (χ1v) is 8.92. The average Bonchev–Trinajstić information content (AvgIpc) is 2.75. The number of amides is 1. The van der Waals surface area contributed by atoms with E-state index in [9.17, 15) is 19.3 Å². The number of aromatic nitrogens is 2. The Morgan fingerprint density at radius 3 is 2.34 bits per heavy atom. The molecular weight excluding hydrogens is 373 g/mol. The molecule has 0 bridgehead atoms. The fourth-order valence-electron chi connectivity index (χ4n) is 3.18. The van der Waals surface area contributed by atoms with Crippen LogP contribution in [-0.4, -0.2) is 10.6 Å². The molecule has 0 unspecified atom stereocenters. The van der Waals surface area contributed by atoms with Gasteiger partial charge in [-0.2, -0.15) is 0 Å². The Kier molecular flexibility index (Phi) is 4.78. The lowest BCUT2D eigenvalue weighted by Crippen LogP contribution is -2.33. The van der Waals surface area contributed by atoms with Gasteiger partial charge in [0.1, 0.15) is 11.3 Å². The van der Waals surface area contributed by atoms with Gasteiger partial charge in [-0.25, -0.2) is 4.39 Å². The van der Waals surface area contributed by atoms with Crippen LogP contribution in [0.5, 0.6) is 0 Å². The zero-order valence-corrected chi connectivity index (χ0v) is 15.2. The van der Waals surface area contributed by atoms with Crippen LogP contribution in [-0.2, 0) is 6.54 Å². The lowest BCUT2D eigenvalue weighted by Gasteiger charge is -2.19. The number of nitrogens with one attached hydrogen (secondary N) is 1. The van der Waals surface area contributed by atoms with Crippen LogP contribution >= 0.6 is 0 Å². The minimum atomic E-state index is -0.724. The number of fused-ring (bicyclic) bond motifs is 1. The number of benzene rings is 3. The van der Waals surface area contributed by atoms with Gasteiger partial charge >= 0.3 is 0 Å². The van der Waals surface area contributed by atoms with Gasteiger partial charge in [0.25, 0.3) is 17.1 Å². The minimum absolute atomic E-state index is 0.0279. The Balaban J connectivity index is 1.89. The highest BCUT2D eigenvalue weighted by molar-refractivity contribution is 5.99. The number of nitrogens with zero attached hydrogens (tertiary/aromatic N) is 2. The number of hydrogen-bond acceptors (Lipinski definition) is 3. The van der Waals surface area contributed by atoms with Gasteiger partial charge in [-0.3, -0.25) is 4.79 Å². The molecule has 6 nitrogen and oxygen atoms in total. The lowest BCUT2D eigenvalue weighted by atomic mass is 10.1. The Labute approximate surface area is 165 Å². The molecular formula is C22H16FN3O3. The van der Waals surface area contributed by atoms with Crippen molar-refractivity contribution in [2.75, 3.05) is 0 Å². The largest absolute Gasteiger partial charge is 0.805 e. The molecule has 0 spiro atoms. The smallest absolute Gasteiger partial charge is 0.299 e. The van der Waals surface area contributed by atoms with Crippen molar-refractivity contribution in [1.29, 1.82) is 0 Å². The van der Waals surface area contributed by atoms with Crippen molar-refractivity contribution < 1.29 is 13.6 Å². The van der Waals surface area contributed by atoms with Gasteiger partial charge < -0.3 is 15.3 Å². The van der Waals surface area contributed by atoms with Crippen LogP contribution in [0.25, 0.3) is 22.3 Å². The fourth-order valence-corrected chi connectivity index (χ4v) is 3.18. The molecule has 1 N–H and O–H groups in total. The van der Waals surface area contributed by atoms with Gasteiger partial charge in [-0.15, -0.1) is 0 Å². The highest BCUT2D eigenvalue weighted by Gasteiger charge is 2.28. The second-order valence-electron chi connectivity index (χ2n) is 6.45. The van der Waals surface area contributed by atoms with Crippen LogP contribution in [0, 0.1) is 15.9 Å². The molecule has 0 radical (unpaired) electrons. The van der Waals surface area contributed by atoms with Crippen LogP contribution in [0.4, 0.5) is 4.39 Å². The van der Waals surface area contributed by atoms with Crippen LogP contribution in [0.2, 0.25) is 0 Å². The molecule has 4 aromatic rings. The van der Waals surface area contributed by atoms with E-state index in [1.54, 1.807) is 30.3 Å². The van der Waals surface area contributed by atoms with E-state index in [0.717, 1.165) is 17.7 Å². The fraction of sp³-hybridized carbons (Fsp3) is 0.0455. The standard InChI is InChI=1S/C22H16FN3O3/c23-17-11-12-18-19(13-17)26(29)21(20(25(18)28)16-9-5-2-6-10-16)22(27)24-14-15-7-3-1-4-8-15/h1-13H,14H2,(H,24,27). The SMILES string of the molecule is O=C(NCc1ccccc1)c1c(-c2ccccc2)[n+](=O)c2ccc(F)cc2n1[O-]. The number of hydrogen-bond donors (Lipinski definition) is 1. The van der Waals surface area contributed by atoms with Crippen LogP contribution in [0.1, 0.15) is 16.1 Å². The van der Waals surface area contributed by atoms with Crippen molar-refractivity contribution >= 4 is 16.9 Å². The van der Waals surface area contributed by atoms with Gasteiger partial charge in [0.2, 0.25) is 0 Å². The van der Waals surface area contributed by atoms with E-state index in [-0.39, 0.29) is 29.0 Å². The van der Waals surface area contributed by atoms with Crippen molar-refractivity contribution in [3.8, 4) is 11.3 Å².